The highest BCUT2D eigenvalue weighted by molar-refractivity contribution is 8.01. The monoisotopic (exact) mass is 376 g/mol. The van der Waals surface area contributed by atoms with E-state index in [-0.39, 0.29) is 5.91 Å². The van der Waals surface area contributed by atoms with Gasteiger partial charge in [0.05, 0.1) is 5.75 Å². The van der Waals surface area contributed by atoms with Gasteiger partial charge in [0.25, 0.3) is 0 Å². The Kier molecular flexibility index (Phi) is 5.96. The number of benzene rings is 1. The third-order valence-electron chi connectivity index (χ3n) is 4.61. The normalized spacial score (nSPS) is 17.6. The number of nitrogens with zero attached hydrogens (tertiary/aromatic N) is 3. The van der Waals surface area contributed by atoms with Crippen LogP contribution in [0.25, 0.3) is 0 Å². The summed E-state index contributed by atoms with van der Waals surface area (Å²) in [5, 5.41) is 12.4. The summed E-state index contributed by atoms with van der Waals surface area (Å²) in [6.45, 7) is 7.21. The number of rotatable bonds is 5. The van der Waals surface area contributed by atoms with Crippen molar-refractivity contribution in [2.24, 2.45) is 0 Å². The minimum atomic E-state index is 0.205. The number of piperidine rings is 1. The first-order valence-electron chi connectivity index (χ1n) is 8.63. The first-order chi connectivity index (χ1) is 12.0. The van der Waals surface area contributed by atoms with E-state index in [0.29, 0.717) is 11.8 Å². The van der Waals surface area contributed by atoms with Crippen LogP contribution in [0.4, 0.5) is 10.8 Å². The lowest BCUT2D eigenvalue weighted by Crippen LogP contribution is -2.42. The van der Waals surface area contributed by atoms with E-state index < -0.39 is 0 Å². The topological polar surface area (TPSA) is 58.1 Å². The lowest BCUT2D eigenvalue weighted by Gasteiger charge is -2.33. The van der Waals surface area contributed by atoms with Gasteiger partial charge in [-0.1, -0.05) is 29.2 Å². The second-order valence-electron chi connectivity index (χ2n) is 6.52. The van der Waals surface area contributed by atoms with Crippen LogP contribution in [0, 0.1) is 13.8 Å². The van der Waals surface area contributed by atoms with Crippen LogP contribution >= 0.6 is 23.1 Å². The van der Waals surface area contributed by atoms with Crippen LogP contribution in [0.1, 0.15) is 37.3 Å². The molecule has 1 unspecified atom stereocenters. The number of likely N-dealkylation sites (tertiary alicyclic amines) is 1. The molecule has 0 aliphatic carbocycles. The number of hydrogen-bond donors (Lipinski definition) is 1. The number of nitrogens with one attached hydrogen (secondary N) is 1. The molecule has 5 nitrogen and oxygen atoms in total. The number of carbonyl (C=O) groups is 1. The molecule has 1 atom stereocenters. The molecule has 1 amide bonds. The minimum Gasteiger partial charge on any atom is -0.339 e. The SMILES string of the molecule is Cc1ccc(Nc2nnc(SCC(=O)N3CCCCC3C)s2)cc1C. The van der Waals surface area contributed by atoms with Crippen LogP contribution in [0.15, 0.2) is 22.5 Å². The number of carbonyl (C=O) groups excluding carboxylic acids is 1. The van der Waals surface area contributed by atoms with Gasteiger partial charge in [0.15, 0.2) is 4.34 Å². The molecule has 25 heavy (non-hydrogen) atoms. The predicted molar refractivity (Wildman–Crippen MR) is 105 cm³/mol. The summed E-state index contributed by atoms with van der Waals surface area (Å²) in [6.07, 6.45) is 3.45. The zero-order valence-electron chi connectivity index (χ0n) is 14.9. The van der Waals surface area contributed by atoms with Gasteiger partial charge in [0.2, 0.25) is 11.0 Å². The van der Waals surface area contributed by atoms with E-state index in [2.05, 4.69) is 48.4 Å². The molecular weight excluding hydrogens is 352 g/mol. The van der Waals surface area contributed by atoms with Crippen molar-refractivity contribution < 1.29 is 4.79 Å². The maximum atomic E-state index is 12.4. The highest BCUT2D eigenvalue weighted by atomic mass is 32.2. The lowest BCUT2D eigenvalue weighted by molar-refractivity contribution is -0.131. The molecule has 1 aromatic carbocycles. The van der Waals surface area contributed by atoms with Gasteiger partial charge in [0, 0.05) is 18.3 Å². The Hall–Kier alpha value is -1.60. The fraction of sp³-hybridized carbons (Fsp3) is 0.500. The molecule has 2 aromatic rings. The van der Waals surface area contributed by atoms with Gasteiger partial charge in [0.1, 0.15) is 0 Å². The highest BCUT2D eigenvalue weighted by Crippen LogP contribution is 2.29. The van der Waals surface area contributed by atoms with Gasteiger partial charge >= 0.3 is 0 Å². The standard InChI is InChI=1S/C18H24N4OS2/c1-12-7-8-15(10-13(12)2)19-17-20-21-18(25-17)24-11-16(23)22-9-5-4-6-14(22)3/h7-8,10,14H,4-6,9,11H2,1-3H3,(H,19,20). The molecule has 1 fully saturated rings. The molecule has 0 bridgehead atoms. The zero-order valence-corrected chi connectivity index (χ0v) is 16.5. The van der Waals surface area contributed by atoms with Gasteiger partial charge in [-0.2, -0.15) is 0 Å². The van der Waals surface area contributed by atoms with Crippen LogP contribution in [-0.4, -0.2) is 39.3 Å². The second kappa shape index (κ2) is 8.19. The summed E-state index contributed by atoms with van der Waals surface area (Å²) in [4.78, 5) is 14.4. The second-order valence-corrected chi connectivity index (χ2v) is 8.72. The molecule has 1 aliphatic heterocycles. The van der Waals surface area contributed by atoms with Crippen LogP contribution in [0.3, 0.4) is 0 Å². The smallest absolute Gasteiger partial charge is 0.233 e. The minimum absolute atomic E-state index is 0.205. The van der Waals surface area contributed by atoms with Crippen LogP contribution < -0.4 is 5.32 Å². The first-order valence-corrected chi connectivity index (χ1v) is 10.4. The van der Waals surface area contributed by atoms with Crippen molar-refractivity contribution in [2.45, 2.75) is 50.4 Å². The molecule has 3 rings (SSSR count). The maximum absolute atomic E-state index is 12.4. The summed E-state index contributed by atoms with van der Waals surface area (Å²) < 4.78 is 0.823. The zero-order chi connectivity index (χ0) is 17.8. The van der Waals surface area contributed by atoms with E-state index in [1.54, 1.807) is 0 Å². The number of aryl methyl sites for hydroxylation is 2. The molecule has 7 heteroatoms. The van der Waals surface area contributed by atoms with Crippen molar-refractivity contribution in [3.05, 3.63) is 29.3 Å². The average Bonchev–Trinajstić information content (AvgIpc) is 3.04. The maximum Gasteiger partial charge on any atom is 0.233 e. The summed E-state index contributed by atoms with van der Waals surface area (Å²) >= 11 is 2.96. The lowest BCUT2D eigenvalue weighted by atomic mass is 10.0. The van der Waals surface area contributed by atoms with Crippen molar-refractivity contribution >= 4 is 39.8 Å². The fourth-order valence-electron chi connectivity index (χ4n) is 2.94. The van der Waals surface area contributed by atoms with Crippen molar-refractivity contribution in [3.8, 4) is 0 Å². The molecule has 2 heterocycles. The Morgan fingerprint density at radius 1 is 1.32 bits per heavy atom. The largest absolute Gasteiger partial charge is 0.339 e. The average molecular weight is 377 g/mol. The van der Waals surface area contributed by atoms with Crippen LogP contribution in [0.5, 0.6) is 0 Å². The number of thioether (sulfide) groups is 1. The van der Waals surface area contributed by atoms with Gasteiger partial charge in [-0.25, -0.2) is 0 Å². The molecule has 1 saturated heterocycles. The highest BCUT2D eigenvalue weighted by Gasteiger charge is 2.23. The van der Waals surface area contributed by atoms with Crippen molar-refractivity contribution in [2.75, 3.05) is 17.6 Å². The Morgan fingerprint density at radius 3 is 2.92 bits per heavy atom. The van der Waals surface area contributed by atoms with E-state index in [9.17, 15) is 4.79 Å². The Bertz CT molecular complexity index is 746. The predicted octanol–water partition coefficient (Wildman–Crippen LogP) is 4.39. The van der Waals surface area contributed by atoms with E-state index >= 15 is 0 Å². The summed E-state index contributed by atoms with van der Waals surface area (Å²) in [6, 6.07) is 6.59. The van der Waals surface area contributed by atoms with Crippen molar-refractivity contribution in [1.82, 2.24) is 15.1 Å². The van der Waals surface area contributed by atoms with E-state index in [1.807, 2.05) is 11.0 Å². The fourth-order valence-corrected chi connectivity index (χ4v) is 4.59. The summed E-state index contributed by atoms with van der Waals surface area (Å²) in [5.74, 6) is 0.638. The molecule has 0 spiro atoms. The Morgan fingerprint density at radius 2 is 2.16 bits per heavy atom. The van der Waals surface area contributed by atoms with E-state index in [1.165, 1.54) is 40.6 Å². The van der Waals surface area contributed by atoms with Gasteiger partial charge in [-0.3, -0.25) is 4.79 Å². The quantitative estimate of drug-likeness (QED) is 0.784. The van der Waals surface area contributed by atoms with E-state index in [4.69, 9.17) is 0 Å². The van der Waals surface area contributed by atoms with Crippen LogP contribution in [-0.2, 0) is 4.79 Å². The van der Waals surface area contributed by atoms with Crippen molar-refractivity contribution in [1.29, 1.82) is 0 Å². The molecular formula is C18H24N4OS2. The number of aromatic nitrogens is 2. The molecule has 0 saturated carbocycles. The summed E-state index contributed by atoms with van der Waals surface area (Å²) in [7, 11) is 0. The molecule has 134 valence electrons. The Balaban J connectivity index is 1.54. The first kappa shape index (κ1) is 18.2. The summed E-state index contributed by atoms with van der Waals surface area (Å²) in [5.41, 5.74) is 3.52. The third kappa shape index (κ3) is 4.73. The van der Waals surface area contributed by atoms with Gasteiger partial charge in [-0.15, -0.1) is 10.2 Å². The third-order valence-corrected chi connectivity index (χ3v) is 6.56. The molecule has 0 radical (unpaired) electrons. The molecule has 1 N–H and O–H groups in total. The van der Waals surface area contributed by atoms with Gasteiger partial charge < -0.3 is 10.2 Å². The van der Waals surface area contributed by atoms with Gasteiger partial charge in [-0.05, 0) is 63.3 Å². The Labute approximate surface area is 157 Å². The van der Waals surface area contributed by atoms with Crippen LogP contribution in [0.2, 0.25) is 0 Å². The van der Waals surface area contributed by atoms with E-state index in [0.717, 1.165) is 34.5 Å². The number of hydrogen-bond acceptors (Lipinski definition) is 6. The van der Waals surface area contributed by atoms with Crippen molar-refractivity contribution in [3.63, 3.8) is 0 Å². The number of amides is 1. The molecule has 1 aromatic heterocycles. The molecule has 1 aliphatic rings. The number of anilines is 2.